The number of hydrogen-bond acceptors (Lipinski definition) is 4. The van der Waals surface area contributed by atoms with Crippen LogP contribution in [-0.4, -0.2) is 50.5 Å². The summed E-state index contributed by atoms with van der Waals surface area (Å²) in [6, 6.07) is 12.8. The molecule has 2 rings (SSSR count). The van der Waals surface area contributed by atoms with Crippen LogP contribution in [0.3, 0.4) is 0 Å². The first-order chi connectivity index (χ1) is 16.9. The molecule has 0 saturated heterocycles. The summed E-state index contributed by atoms with van der Waals surface area (Å²) in [6.07, 6.45) is 3.50. The van der Waals surface area contributed by atoms with Crippen molar-refractivity contribution in [3.8, 4) is 0 Å². The van der Waals surface area contributed by atoms with Crippen LogP contribution in [0.4, 0.5) is 5.69 Å². The summed E-state index contributed by atoms with van der Waals surface area (Å²) in [5, 5.41) is 2.92. The molecular weight excluding hydrogens is 474 g/mol. The average molecular weight is 516 g/mol. The van der Waals surface area contributed by atoms with Crippen LogP contribution in [0.1, 0.15) is 61.8 Å². The van der Waals surface area contributed by atoms with Gasteiger partial charge in [0.05, 0.1) is 11.9 Å². The van der Waals surface area contributed by atoms with Crippen LogP contribution < -0.4 is 9.62 Å². The molecule has 198 valence electrons. The van der Waals surface area contributed by atoms with E-state index in [2.05, 4.69) is 12.2 Å². The van der Waals surface area contributed by atoms with Gasteiger partial charge in [-0.15, -0.1) is 0 Å². The molecule has 2 amide bonds. The molecule has 0 aromatic heterocycles. The summed E-state index contributed by atoms with van der Waals surface area (Å²) < 4.78 is 26.4. The van der Waals surface area contributed by atoms with Crippen molar-refractivity contribution in [1.29, 1.82) is 0 Å². The Morgan fingerprint density at radius 2 is 1.64 bits per heavy atom. The number of carbonyl (C=O) groups is 2. The number of benzene rings is 2. The van der Waals surface area contributed by atoms with Gasteiger partial charge in [-0.3, -0.25) is 13.9 Å². The number of aryl methyl sites for hydroxylation is 3. The highest BCUT2D eigenvalue weighted by Gasteiger charge is 2.27. The van der Waals surface area contributed by atoms with Crippen molar-refractivity contribution >= 4 is 27.5 Å². The number of hydrogen-bond donors (Lipinski definition) is 1. The van der Waals surface area contributed by atoms with Crippen LogP contribution in [0.5, 0.6) is 0 Å². The number of carbonyl (C=O) groups excluding carboxylic acids is 2. The van der Waals surface area contributed by atoms with E-state index in [0.717, 1.165) is 35.1 Å². The second-order valence-electron chi connectivity index (χ2n) is 9.55. The smallest absolute Gasteiger partial charge is 0.242 e. The Kier molecular flexibility index (Phi) is 11.0. The number of nitrogens with zero attached hydrogens (tertiary/aromatic N) is 2. The second kappa shape index (κ2) is 13.4. The Morgan fingerprint density at radius 3 is 2.22 bits per heavy atom. The van der Waals surface area contributed by atoms with Crippen molar-refractivity contribution in [2.75, 3.05) is 23.7 Å². The maximum Gasteiger partial charge on any atom is 0.242 e. The van der Waals surface area contributed by atoms with Gasteiger partial charge in [0.2, 0.25) is 21.8 Å². The van der Waals surface area contributed by atoms with E-state index in [1.54, 1.807) is 11.8 Å². The lowest BCUT2D eigenvalue weighted by Gasteiger charge is -2.30. The Labute approximate surface area is 216 Å². The van der Waals surface area contributed by atoms with Crippen LogP contribution in [0.25, 0.3) is 0 Å². The monoisotopic (exact) mass is 515 g/mol. The molecule has 0 spiro atoms. The Morgan fingerprint density at radius 1 is 1.00 bits per heavy atom. The van der Waals surface area contributed by atoms with E-state index in [0.29, 0.717) is 25.2 Å². The molecule has 0 unspecified atom stereocenters. The molecule has 0 radical (unpaired) electrons. The third-order valence-corrected chi connectivity index (χ3v) is 7.44. The lowest BCUT2D eigenvalue weighted by Crippen LogP contribution is -2.48. The summed E-state index contributed by atoms with van der Waals surface area (Å²) in [6.45, 7) is 10.7. The van der Waals surface area contributed by atoms with Crippen LogP contribution in [0.15, 0.2) is 42.5 Å². The van der Waals surface area contributed by atoms with Gasteiger partial charge in [-0.05, 0) is 74.9 Å². The summed E-state index contributed by atoms with van der Waals surface area (Å²) in [5.41, 5.74) is 4.57. The summed E-state index contributed by atoms with van der Waals surface area (Å²) in [5.74, 6) is -0.358. The number of unbranched alkanes of at least 4 members (excludes halogenated alkanes) is 1. The molecule has 36 heavy (non-hydrogen) atoms. The van der Waals surface area contributed by atoms with Gasteiger partial charge >= 0.3 is 0 Å². The van der Waals surface area contributed by atoms with E-state index in [1.807, 2.05) is 63.2 Å². The quantitative estimate of drug-likeness (QED) is 0.398. The fourth-order valence-electron chi connectivity index (χ4n) is 4.19. The van der Waals surface area contributed by atoms with E-state index in [9.17, 15) is 18.0 Å². The summed E-state index contributed by atoms with van der Waals surface area (Å²) >= 11 is 0. The molecule has 0 aliphatic rings. The standard InChI is InChI=1S/C28H41N3O4S/c1-7-8-15-29-28(33)24(5)30(20-25-13-10-9-12-23(25)4)27(32)14-11-16-31(36(6,34)35)26-18-21(2)17-22(3)19-26/h9-10,12-13,17-19,24H,7-8,11,14-16,20H2,1-6H3,(H,29,33)/t24-/m0/s1. The van der Waals surface area contributed by atoms with Gasteiger partial charge in [0.15, 0.2) is 0 Å². The average Bonchev–Trinajstić information content (AvgIpc) is 2.79. The second-order valence-corrected chi connectivity index (χ2v) is 11.5. The largest absolute Gasteiger partial charge is 0.354 e. The lowest BCUT2D eigenvalue weighted by molar-refractivity contribution is -0.140. The first-order valence-corrected chi connectivity index (χ1v) is 14.5. The summed E-state index contributed by atoms with van der Waals surface area (Å²) in [7, 11) is -3.52. The molecule has 0 saturated carbocycles. The maximum atomic E-state index is 13.4. The number of rotatable bonds is 13. The van der Waals surface area contributed by atoms with Crippen molar-refractivity contribution in [2.24, 2.45) is 0 Å². The predicted octanol–water partition coefficient (Wildman–Crippen LogP) is 4.49. The van der Waals surface area contributed by atoms with Crippen molar-refractivity contribution in [1.82, 2.24) is 10.2 Å². The van der Waals surface area contributed by atoms with Gasteiger partial charge in [0, 0.05) is 26.1 Å². The topological polar surface area (TPSA) is 86.8 Å². The fraction of sp³-hybridized carbons (Fsp3) is 0.500. The molecule has 1 atom stereocenters. The van der Waals surface area contributed by atoms with E-state index < -0.39 is 16.1 Å². The molecule has 2 aromatic rings. The third-order valence-electron chi connectivity index (χ3n) is 6.25. The van der Waals surface area contributed by atoms with Gasteiger partial charge in [0.25, 0.3) is 0 Å². The Bertz CT molecular complexity index is 1130. The first-order valence-electron chi connectivity index (χ1n) is 12.6. The van der Waals surface area contributed by atoms with E-state index in [1.165, 1.54) is 10.6 Å². The SMILES string of the molecule is CCCCNC(=O)[C@H](C)N(Cc1ccccc1C)C(=O)CCCN(c1cc(C)cc(C)c1)S(C)(=O)=O. The van der Waals surface area contributed by atoms with Crippen molar-refractivity contribution < 1.29 is 18.0 Å². The van der Waals surface area contributed by atoms with Crippen molar-refractivity contribution in [3.05, 3.63) is 64.7 Å². The zero-order chi connectivity index (χ0) is 26.9. The van der Waals surface area contributed by atoms with E-state index in [-0.39, 0.29) is 24.8 Å². The third kappa shape index (κ3) is 8.66. The molecule has 7 nitrogen and oxygen atoms in total. The molecular formula is C28H41N3O4S. The van der Waals surface area contributed by atoms with Gasteiger partial charge in [0.1, 0.15) is 6.04 Å². The normalized spacial score (nSPS) is 12.2. The molecule has 0 aliphatic carbocycles. The molecule has 2 aromatic carbocycles. The van der Waals surface area contributed by atoms with Crippen LogP contribution in [-0.2, 0) is 26.2 Å². The van der Waals surface area contributed by atoms with Gasteiger partial charge in [-0.25, -0.2) is 8.42 Å². The van der Waals surface area contributed by atoms with E-state index >= 15 is 0 Å². The Hall–Kier alpha value is -2.87. The van der Waals surface area contributed by atoms with Crippen LogP contribution in [0.2, 0.25) is 0 Å². The van der Waals surface area contributed by atoms with Crippen molar-refractivity contribution in [2.45, 2.75) is 72.9 Å². The van der Waals surface area contributed by atoms with Crippen LogP contribution in [0, 0.1) is 20.8 Å². The number of amides is 2. The number of anilines is 1. The predicted molar refractivity (Wildman–Crippen MR) is 146 cm³/mol. The number of sulfonamides is 1. The minimum absolute atomic E-state index is 0.134. The summed E-state index contributed by atoms with van der Waals surface area (Å²) in [4.78, 5) is 27.8. The molecule has 8 heteroatoms. The van der Waals surface area contributed by atoms with Crippen LogP contribution >= 0.6 is 0 Å². The minimum atomic E-state index is -3.52. The Balaban J connectivity index is 2.18. The molecule has 0 fully saturated rings. The molecule has 0 aliphatic heterocycles. The highest BCUT2D eigenvalue weighted by molar-refractivity contribution is 7.92. The zero-order valence-corrected chi connectivity index (χ0v) is 23.3. The maximum absolute atomic E-state index is 13.4. The van der Waals surface area contributed by atoms with E-state index in [4.69, 9.17) is 0 Å². The first kappa shape index (κ1) is 29.4. The minimum Gasteiger partial charge on any atom is -0.354 e. The molecule has 0 heterocycles. The van der Waals surface area contributed by atoms with Crippen molar-refractivity contribution in [3.63, 3.8) is 0 Å². The zero-order valence-electron chi connectivity index (χ0n) is 22.5. The number of nitrogens with one attached hydrogen (secondary N) is 1. The fourth-order valence-corrected chi connectivity index (χ4v) is 5.14. The highest BCUT2D eigenvalue weighted by atomic mass is 32.2. The molecule has 1 N–H and O–H groups in total. The van der Waals surface area contributed by atoms with Gasteiger partial charge in [-0.2, -0.15) is 0 Å². The van der Waals surface area contributed by atoms with Gasteiger partial charge < -0.3 is 10.2 Å². The highest BCUT2D eigenvalue weighted by Crippen LogP contribution is 2.22. The molecule has 0 bridgehead atoms. The van der Waals surface area contributed by atoms with Gasteiger partial charge in [-0.1, -0.05) is 43.7 Å². The lowest BCUT2D eigenvalue weighted by atomic mass is 10.1.